The van der Waals surface area contributed by atoms with Gasteiger partial charge in [-0.1, -0.05) is 53.2 Å². The third-order valence-electron chi connectivity index (χ3n) is 3.36. The number of nitrogens with zero attached hydrogens (tertiary/aromatic N) is 3. The van der Waals surface area contributed by atoms with Gasteiger partial charge in [0.05, 0.1) is 4.90 Å². The highest BCUT2D eigenvalue weighted by Crippen LogP contribution is 2.21. The highest BCUT2D eigenvalue weighted by Gasteiger charge is 2.25. The van der Waals surface area contributed by atoms with Crippen LogP contribution in [0, 0.1) is 6.92 Å². The summed E-state index contributed by atoms with van der Waals surface area (Å²) in [4.78, 5) is 0.188. The molecule has 0 aliphatic heterocycles. The second kappa shape index (κ2) is 6.27. The van der Waals surface area contributed by atoms with Crippen molar-refractivity contribution in [2.75, 3.05) is 0 Å². The number of hydrogen-bond donors (Lipinski definition) is 2. The van der Waals surface area contributed by atoms with Crippen LogP contribution in [0.2, 0.25) is 0 Å². The predicted octanol–water partition coefficient (Wildman–Crippen LogP) is 1.58. The average molecular weight is 329 g/mol. The van der Waals surface area contributed by atoms with Gasteiger partial charge in [-0.25, -0.2) is 8.42 Å². The van der Waals surface area contributed by atoms with Crippen LogP contribution in [0.15, 0.2) is 59.5 Å². The highest BCUT2D eigenvalue weighted by atomic mass is 32.2. The van der Waals surface area contributed by atoms with Gasteiger partial charge in [-0.3, -0.25) is 0 Å². The van der Waals surface area contributed by atoms with Crippen LogP contribution in [-0.2, 0) is 10.0 Å². The minimum absolute atomic E-state index is 0.188. The summed E-state index contributed by atoms with van der Waals surface area (Å²) in [6.45, 7) is 1.90. The Morgan fingerprint density at radius 2 is 1.74 bits per heavy atom. The minimum Gasteiger partial charge on any atom is -0.207 e. The Bertz CT molecular complexity index is 862. The predicted molar refractivity (Wildman–Crippen MR) is 84.0 cm³/mol. The third kappa shape index (κ3) is 3.43. The van der Waals surface area contributed by atoms with Gasteiger partial charge in [0, 0.05) is 0 Å². The molecule has 1 heterocycles. The van der Waals surface area contributed by atoms with Gasteiger partial charge < -0.3 is 0 Å². The first-order valence-electron chi connectivity index (χ1n) is 6.93. The number of rotatable bonds is 5. The number of nitrogens with one attached hydrogen (secondary N) is 2. The summed E-state index contributed by atoms with van der Waals surface area (Å²) in [5.74, 6) is 0.256. The lowest BCUT2D eigenvalue weighted by atomic mass is 10.1. The highest BCUT2D eigenvalue weighted by molar-refractivity contribution is 7.89. The average Bonchev–Trinajstić information content (AvgIpc) is 3.08. The Hall–Kier alpha value is -2.58. The van der Waals surface area contributed by atoms with E-state index in [1.54, 1.807) is 36.4 Å². The largest absolute Gasteiger partial charge is 0.241 e. The van der Waals surface area contributed by atoms with E-state index in [0.717, 1.165) is 11.1 Å². The van der Waals surface area contributed by atoms with Gasteiger partial charge in [-0.2, -0.15) is 9.94 Å². The minimum atomic E-state index is -3.72. The maximum Gasteiger partial charge on any atom is 0.241 e. The van der Waals surface area contributed by atoms with Crippen molar-refractivity contribution < 1.29 is 8.42 Å². The standard InChI is InChI=1S/C15H15N5O2S/c1-11-7-9-13(10-8-11)23(21,22)18-14(15-16-19-20-17-15)12-5-3-2-4-6-12/h2-10,14,18H,1H3,(H,16,17,19,20)/t14-/m1/s1. The fourth-order valence-corrected chi connectivity index (χ4v) is 3.33. The molecule has 0 bridgehead atoms. The smallest absolute Gasteiger partial charge is 0.207 e. The van der Waals surface area contributed by atoms with Crippen LogP contribution in [0.4, 0.5) is 0 Å². The number of hydrogen-bond acceptors (Lipinski definition) is 5. The summed E-state index contributed by atoms with van der Waals surface area (Å²) in [5.41, 5.74) is 1.71. The van der Waals surface area contributed by atoms with Gasteiger partial charge in [-0.05, 0) is 24.6 Å². The first-order chi connectivity index (χ1) is 11.1. The summed E-state index contributed by atoms with van der Waals surface area (Å²) >= 11 is 0. The molecule has 0 saturated carbocycles. The molecule has 0 amide bonds. The van der Waals surface area contributed by atoms with E-state index in [9.17, 15) is 8.42 Å². The van der Waals surface area contributed by atoms with E-state index in [-0.39, 0.29) is 10.7 Å². The van der Waals surface area contributed by atoms with Gasteiger partial charge in [0.1, 0.15) is 6.04 Å². The molecule has 0 spiro atoms. The maximum atomic E-state index is 12.6. The van der Waals surface area contributed by atoms with Crippen molar-refractivity contribution >= 4 is 10.0 Å². The van der Waals surface area contributed by atoms with E-state index in [1.807, 2.05) is 25.1 Å². The Morgan fingerprint density at radius 3 is 2.35 bits per heavy atom. The first-order valence-corrected chi connectivity index (χ1v) is 8.42. The number of aromatic nitrogens is 4. The molecule has 3 aromatic rings. The Morgan fingerprint density at radius 1 is 1.04 bits per heavy atom. The zero-order chi connectivity index (χ0) is 16.3. The van der Waals surface area contributed by atoms with E-state index in [1.165, 1.54) is 0 Å². The van der Waals surface area contributed by atoms with Crippen LogP contribution in [0.1, 0.15) is 23.0 Å². The lowest BCUT2D eigenvalue weighted by molar-refractivity contribution is 0.567. The summed E-state index contributed by atoms with van der Waals surface area (Å²) in [7, 11) is -3.72. The quantitative estimate of drug-likeness (QED) is 0.740. The van der Waals surface area contributed by atoms with Crippen molar-refractivity contribution in [1.29, 1.82) is 0 Å². The van der Waals surface area contributed by atoms with Gasteiger partial charge in [-0.15, -0.1) is 10.2 Å². The molecule has 3 rings (SSSR count). The zero-order valence-electron chi connectivity index (χ0n) is 12.3. The molecule has 2 aromatic carbocycles. The number of aryl methyl sites for hydroxylation is 1. The fourth-order valence-electron chi connectivity index (χ4n) is 2.15. The molecular formula is C15H15N5O2S. The molecule has 0 aliphatic rings. The van der Waals surface area contributed by atoms with Crippen molar-refractivity contribution in [3.8, 4) is 0 Å². The SMILES string of the molecule is Cc1ccc(S(=O)(=O)N[C@H](c2ccccc2)c2nn[nH]n2)cc1. The molecule has 1 aromatic heterocycles. The van der Waals surface area contributed by atoms with Crippen LogP contribution < -0.4 is 4.72 Å². The molecule has 2 N–H and O–H groups in total. The van der Waals surface area contributed by atoms with E-state index in [2.05, 4.69) is 25.3 Å². The second-order valence-electron chi connectivity index (χ2n) is 5.05. The van der Waals surface area contributed by atoms with Gasteiger partial charge in [0.25, 0.3) is 0 Å². The summed E-state index contributed by atoms with van der Waals surface area (Å²) in [6.07, 6.45) is 0. The lowest BCUT2D eigenvalue weighted by Gasteiger charge is -2.16. The third-order valence-corrected chi connectivity index (χ3v) is 4.80. The van der Waals surface area contributed by atoms with Crippen molar-refractivity contribution in [2.24, 2.45) is 0 Å². The summed E-state index contributed by atoms with van der Waals surface area (Å²) < 4.78 is 27.9. The maximum absolute atomic E-state index is 12.6. The molecule has 8 heteroatoms. The molecule has 118 valence electrons. The molecule has 0 unspecified atom stereocenters. The van der Waals surface area contributed by atoms with E-state index >= 15 is 0 Å². The lowest BCUT2D eigenvalue weighted by Crippen LogP contribution is -2.30. The zero-order valence-corrected chi connectivity index (χ0v) is 13.2. The molecule has 7 nitrogen and oxygen atoms in total. The first kappa shape index (κ1) is 15.3. The van der Waals surface area contributed by atoms with E-state index < -0.39 is 16.1 Å². The van der Waals surface area contributed by atoms with Gasteiger partial charge >= 0.3 is 0 Å². The normalized spacial score (nSPS) is 12.9. The van der Waals surface area contributed by atoms with Crippen LogP contribution in [0.5, 0.6) is 0 Å². The summed E-state index contributed by atoms with van der Waals surface area (Å²) in [6, 6.07) is 15.0. The van der Waals surface area contributed by atoms with Crippen molar-refractivity contribution in [3.05, 3.63) is 71.5 Å². The van der Waals surface area contributed by atoms with E-state index in [4.69, 9.17) is 0 Å². The molecular weight excluding hydrogens is 314 g/mol. The number of tetrazole rings is 1. The molecule has 23 heavy (non-hydrogen) atoms. The Balaban J connectivity index is 1.97. The Kier molecular flexibility index (Phi) is 4.18. The Labute approximate surface area is 133 Å². The molecule has 0 aliphatic carbocycles. The molecule has 0 radical (unpaired) electrons. The second-order valence-corrected chi connectivity index (χ2v) is 6.76. The number of sulfonamides is 1. The molecule has 1 atom stereocenters. The van der Waals surface area contributed by atoms with Crippen LogP contribution in [-0.4, -0.2) is 29.0 Å². The topological polar surface area (TPSA) is 101 Å². The number of aromatic amines is 1. The number of H-pyrrole nitrogens is 1. The number of benzene rings is 2. The molecule has 0 saturated heterocycles. The van der Waals surface area contributed by atoms with Gasteiger partial charge in [0.2, 0.25) is 10.0 Å². The fraction of sp³-hybridized carbons (Fsp3) is 0.133. The van der Waals surface area contributed by atoms with Crippen LogP contribution in [0.25, 0.3) is 0 Å². The van der Waals surface area contributed by atoms with Crippen molar-refractivity contribution in [3.63, 3.8) is 0 Å². The monoisotopic (exact) mass is 329 g/mol. The van der Waals surface area contributed by atoms with Crippen molar-refractivity contribution in [1.82, 2.24) is 25.3 Å². The summed E-state index contributed by atoms with van der Waals surface area (Å²) in [5, 5.41) is 13.7. The van der Waals surface area contributed by atoms with Crippen molar-refractivity contribution in [2.45, 2.75) is 17.9 Å². The van der Waals surface area contributed by atoms with Crippen LogP contribution >= 0.6 is 0 Å². The van der Waals surface area contributed by atoms with E-state index in [0.29, 0.717) is 0 Å². The van der Waals surface area contributed by atoms with Crippen LogP contribution in [0.3, 0.4) is 0 Å². The molecule has 0 fully saturated rings. The van der Waals surface area contributed by atoms with Gasteiger partial charge in [0.15, 0.2) is 5.82 Å².